The number of rotatable bonds is 6. The molecule has 120 valence electrons. The standard InChI is InChI=1S/C17H24N2O3/c1-21-15-6-2-13(3-7-15)12-19(14-4-5-14)17(20)10-16-11-18-8-9-22-16/h2-3,6-7,14,16,18H,4-5,8-12H2,1H3. The molecular formula is C17H24N2O3. The quantitative estimate of drug-likeness (QED) is 0.866. The molecule has 1 saturated heterocycles. The fraction of sp³-hybridized carbons (Fsp3) is 0.588. The highest BCUT2D eigenvalue weighted by Gasteiger charge is 2.33. The van der Waals surface area contributed by atoms with Crippen molar-refractivity contribution in [3.63, 3.8) is 0 Å². The summed E-state index contributed by atoms with van der Waals surface area (Å²) in [7, 11) is 1.66. The van der Waals surface area contributed by atoms with Gasteiger partial charge in [-0.1, -0.05) is 12.1 Å². The summed E-state index contributed by atoms with van der Waals surface area (Å²) < 4.78 is 10.8. The van der Waals surface area contributed by atoms with Gasteiger partial charge in [-0.3, -0.25) is 4.79 Å². The number of carbonyl (C=O) groups is 1. The average molecular weight is 304 g/mol. The van der Waals surface area contributed by atoms with Crippen LogP contribution in [0.2, 0.25) is 0 Å². The third-order valence-corrected chi connectivity index (χ3v) is 4.23. The van der Waals surface area contributed by atoms with Crippen LogP contribution in [-0.4, -0.2) is 49.8 Å². The molecule has 1 atom stereocenters. The van der Waals surface area contributed by atoms with E-state index in [4.69, 9.17) is 9.47 Å². The minimum absolute atomic E-state index is 0.0124. The van der Waals surface area contributed by atoms with Crippen molar-refractivity contribution in [3.05, 3.63) is 29.8 Å². The second kappa shape index (κ2) is 7.11. The molecule has 1 aromatic rings. The highest BCUT2D eigenvalue weighted by molar-refractivity contribution is 5.77. The summed E-state index contributed by atoms with van der Waals surface area (Å²) in [5, 5.41) is 3.28. The molecule has 5 heteroatoms. The molecule has 0 radical (unpaired) electrons. The van der Waals surface area contributed by atoms with E-state index in [1.54, 1.807) is 7.11 Å². The van der Waals surface area contributed by atoms with Crippen LogP contribution in [0.1, 0.15) is 24.8 Å². The van der Waals surface area contributed by atoms with E-state index in [0.717, 1.165) is 37.2 Å². The zero-order chi connectivity index (χ0) is 15.4. The predicted octanol–water partition coefficient (Wildman–Crippen LogP) is 1.56. The van der Waals surface area contributed by atoms with Gasteiger partial charge in [-0.05, 0) is 30.5 Å². The van der Waals surface area contributed by atoms with Gasteiger partial charge >= 0.3 is 0 Å². The topological polar surface area (TPSA) is 50.8 Å². The third-order valence-electron chi connectivity index (χ3n) is 4.23. The van der Waals surface area contributed by atoms with E-state index in [0.29, 0.717) is 25.6 Å². The van der Waals surface area contributed by atoms with Crippen molar-refractivity contribution in [2.45, 2.75) is 38.0 Å². The Morgan fingerprint density at radius 2 is 2.14 bits per heavy atom. The molecule has 3 rings (SSSR count). The van der Waals surface area contributed by atoms with E-state index in [-0.39, 0.29) is 12.0 Å². The largest absolute Gasteiger partial charge is 0.497 e. The molecule has 1 aromatic carbocycles. The highest BCUT2D eigenvalue weighted by Crippen LogP contribution is 2.29. The molecule has 1 heterocycles. The minimum atomic E-state index is 0.0124. The van der Waals surface area contributed by atoms with E-state index in [9.17, 15) is 4.79 Å². The number of ether oxygens (including phenoxy) is 2. The Morgan fingerprint density at radius 1 is 1.36 bits per heavy atom. The van der Waals surface area contributed by atoms with Crippen LogP contribution >= 0.6 is 0 Å². The van der Waals surface area contributed by atoms with Gasteiger partial charge in [-0.25, -0.2) is 0 Å². The summed E-state index contributed by atoms with van der Waals surface area (Å²) in [5.41, 5.74) is 1.14. The molecule has 2 aliphatic rings. The molecule has 1 N–H and O–H groups in total. The maximum Gasteiger partial charge on any atom is 0.225 e. The van der Waals surface area contributed by atoms with E-state index in [1.165, 1.54) is 0 Å². The number of hydrogen-bond donors (Lipinski definition) is 1. The molecule has 0 spiro atoms. The zero-order valence-corrected chi connectivity index (χ0v) is 13.1. The molecule has 1 saturated carbocycles. The lowest BCUT2D eigenvalue weighted by atomic mass is 10.1. The maximum absolute atomic E-state index is 12.6. The van der Waals surface area contributed by atoms with Crippen molar-refractivity contribution in [2.75, 3.05) is 26.8 Å². The lowest BCUT2D eigenvalue weighted by Crippen LogP contribution is -2.42. The summed E-state index contributed by atoms with van der Waals surface area (Å²) in [6.07, 6.45) is 2.72. The van der Waals surface area contributed by atoms with Crippen molar-refractivity contribution in [2.24, 2.45) is 0 Å². The molecular weight excluding hydrogens is 280 g/mol. The van der Waals surface area contributed by atoms with Crippen LogP contribution < -0.4 is 10.1 Å². The first-order valence-electron chi connectivity index (χ1n) is 8.01. The van der Waals surface area contributed by atoms with Gasteiger partial charge in [-0.2, -0.15) is 0 Å². The summed E-state index contributed by atoms with van der Waals surface area (Å²) in [5.74, 6) is 1.04. The van der Waals surface area contributed by atoms with E-state index in [1.807, 2.05) is 29.2 Å². The lowest BCUT2D eigenvalue weighted by Gasteiger charge is -2.27. The van der Waals surface area contributed by atoms with E-state index >= 15 is 0 Å². The van der Waals surface area contributed by atoms with Gasteiger partial charge in [0.15, 0.2) is 0 Å². The predicted molar refractivity (Wildman–Crippen MR) is 83.8 cm³/mol. The Hall–Kier alpha value is -1.59. The molecule has 2 fully saturated rings. The Kier molecular flexibility index (Phi) is 4.95. The summed E-state index contributed by atoms with van der Waals surface area (Å²) in [6.45, 7) is 3.02. The first-order valence-corrected chi connectivity index (χ1v) is 8.01. The van der Waals surface area contributed by atoms with Gasteiger partial charge in [0.1, 0.15) is 5.75 Å². The summed E-state index contributed by atoms with van der Waals surface area (Å²) in [4.78, 5) is 14.6. The molecule has 5 nitrogen and oxygen atoms in total. The second-order valence-corrected chi connectivity index (χ2v) is 6.00. The third kappa shape index (κ3) is 3.99. The molecule has 1 amide bonds. The van der Waals surface area contributed by atoms with Crippen molar-refractivity contribution in [1.29, 1.82) is 0 Å². The number of methoxy groups -OCH3 is 1. The molecule has 1 aliphatic heterocycles. The average Bonchev–Trinajstić information content (AvgIpc) is 3.39. The Morgan fingerprint density at radius 3 is 2.73 bits per heavy atom. The van der Waals surface area contributed by atoms with Crippen LogP contribution in [0.15, 0.2) is 24.3 Å². The number of amides is 1. The lowest BCUT2D eigenvalue weighted by molar-refractivity contribution is -0.136. The molecule has 0 aromatic heterocycles. The Balaban J connectivity index is 1.60. The van der Waals surface area contributed by atoms with Crippen molar-refractivity contribution < 1.29 is 14.3 Å². The van der Waals surface area contributed by atoms with Crippen LogP contribution in [0.3, 0.4) is 0 Å². The van der Waals surface area contributed by atoms with Crippen LogP contribution in [0.5, 0.6) is 5.75 Å². The van der Waals surface area contributed by atoms with Gasteiger partial charge in [0.2, 0.25) is 5.91 Å². The number of benzene rings is 1. The fourth-order valence-corrected chi connectivity index (χ4v) is 2.80. The minimum Gasteiger partial charge on any atom is -0.497 e. The van der Waals surface area contributed by atoms with Crippen molar-refractivity contribution in [3.8, 4) is 5.75 Å². The van der Waals surface area contributed by atoms with E-state index < -0.39 is 0 Å². The first-order chi connectivity index (χ1) is 10.8. The normalized spacial score (nSPS) is 21.4. The second-order valence-electron chi connectivity index (χ2n) is 6.00. The molecule has 22 heavy (non-hydrogen) atoms. The number of nitrogens with zero attached hydrogens (tertiary/aromatic N) is 1. The number of nitrogens with one attached hydrogen (secondary N) is 1. The van der Waals surface area contributed by atoms with Gasteiger partial charge in [0, 0.05) is 25.7 Å². The van der Waals surface area contributed by atoms with Gasteiger partial charge in [0.25, 0.3) is 0 Å². The van der Waals surface area contributed by atoms with Crippen LogP contribution in [0.25, 0.3) is 0 Å². The number of hydrogen-bond acceptors (Lipinski definition) is 4. The van der Waals surface area contributed by atoms with Gasteiger partial charge in [0.05, 0.1) is 26.2 Å². The SMILES string of the molecule is COc1ccc(CN(C(=O)CC2CNCCO2)C2CC2)cc1. The molecule has 0 bridgehead atoms. The Labute approximate surface area is 131 Å². The number of carbonyl (C=O) groups excluding carboxylic acids is 1. The monoisotopic (exact) mass is 304 g/mol. The van der Waals surface area contributed by atoms with Crippen LogP contribution in [0.4, 0.5) is 0 Å². The zero-order valence-electron chi connectivity index (χ0n) is 13.1. The fourth-order valence-electron chi connectivity index (χ4n) is 2.80. The summed E-state index contributed by atoms with van der Waals surface area (Å²) in [6, 6.07) is 8.35. The van der Waals surface area contributed by atoms with Crippen molar-refractivity contribution in [1.82, 2.24) is 10.2 Å². The van der Waals surface area contributed by atoms with E-state index in [2.05, 4.69) is 5.32 Å². The Bertz CT molecular complexity index is 493. The summed E-state index contributed by atoms with van der Waals surface area (Å²) >= 11 is 0. The van der Waals surface area contributed by atoms with Gasteiger partial charge in [-0.15, -0.1) is 0 Å². The van der Waals surface area contributed by atoms with Crippen LogP contribution in [0, 0.1) is 0 Å². The van der Waals surface area contributed by atoms with Crippen molar-refractivity contribution >= 4 is 5.91 Å². The molecule has 1 unspecified atom stereocenters. The maximum atomic E-state index is 12.6. The number of morpholine rings is 1. The van der Waals surface area contributed by atoms with Gasteiger partial charge < -0.3 is 19.7 Å². The van der Waals surface area contributed by atoms with Crippen LogP contribution in [-0.2, 0) is 16.1 Å². The highest BCUT2D eigenvalue weighted by atomic mass is 16.5. The molecule has 1 aliphatic carbocycles. The first kappa shape index (κ1) is 15.3. The smallest absolute Gasteiger partial charge is 0.225 e.